The van der Waals surface area contributed by atoms with Crippen LogP contribution >= 0.6 is 7.82 Å². The van der Waals surface area contributed by atoms with Crippen LogP contribution in [0.3, 0.4) is 0 Å². The third-order valence-corrected chi connectivity index (χ3v) is 3.97. The van der Waals surface area contributed by atoms with Crippen LogP contribution in [0.15, 0.2) is 0 Å². The molecule has 22 heavy (non-hydrogen) atoms. The second-order valence-corrected chi connectivity index (χ2v) is 6.54. The predicted molar refractivity (Wildman–Crippen MR) is 78.6 cm³/mol. The third kappa shape index (κ3) is 8.55. The van der Waals surface area contributed by atoms with E-state index in [1.54, 1.807) is 0 Å². The molecule has 2 unspecified atom stereocenters. The van der Waals surface area contributed by atoms with E-state index in [-0.39, 0.29) is 25.9 Å². The third-order valence-electron chi connectivity index (χ3n) is 2.99. The van der Waals surface area contributed by atoms with Crippen LogP contribution in [-0.2, 0) is 27.8 Å². The molecule has 0 aromatic heterocycles. The standard InChI is InChI=1S/C13H27O8P/c1-3-4-17-5-6-18-7-8-19-22(15,16)20-10-13-12(14)9-11(2)21-13/h11-14H,3-10H2,1-2H3,(H,15,16)/t11?,12-,13+/m0/s1/i14T. The molecule has 1 aliphatic rings. The van der Waals surface area contributed by atoms with E-state index in [2.05, 4.69) is 5.11 Å². The van der Waals surface area contributed by atoms with E-state index in [1.807, 2.05) is 13.8 Å². The maximum absolute atomic E-state index is 11.7. The summed E-state index contributed by atoms with van der Waals surface area (Å²) in [4.78, 5) is 9.56. The van der Waals surface area contributed by atoms with Crippen LogP contribution in [0.2, 0.25) is 0 Å². The number of ether oxygens (including phenoxy) is 3. The Hall–Kier alpha value is -0.0500. The molecule has 1 heterocycles. The van der Waals surface area contributed by atoms with Crippen LogP contribution in [0, 0.1) is 0 Å². The summed E-state index contributed by atoms with van der Waals surface area (Å²) in [6, 6.07) is 0. The molecule has 9 heteroatoms. The molecule has 2 N–H and O–H groups in total. The van der Waals surface area contributed by atoms with Crippen molar-refractivity contribution in [2.75, 3.05) is 39.6 Å². The summed E-state index contributed by atoms with van der Waals surface area (Å²) < 4.78 is 44.2. The van der Waals surface area contributed by atoms with Crippen molar-refractivity contribution in [2.45, 2.75) is 45.0 Å². The molecule has 0 radical (unpaired) electrons. The molecule has 0 aliphatic carbocycles. The minimum Gasteiger partial charge on any atom is -0.390 e. The normalized spacial score (nSPS) is 28.5. The number of aliphatic hydroxyl groups is 1. The van der Waals surface area contributed by atoms with Gasteiger partial charge in [0.25, 0.3) is 0 Å². The summed E-state index contributed by atoms with van der Waals surface area (Å²) in [5.74, 6) is 0. The molecular weight excluding hydrogens is 315 g/mol. The zero-order chi connectivity index (χ0) is 17.1. The van der Waals surface area contributed by atoms with E-state index in [1.165, 1.54) is 0 Å². The van der Waals surface area contributed by atoms with Gasteiger partial charge in [-0.15, -0.1) is 0 Å². The highest BCUT2D eigenvalue weighted by atomic mass is 31.2. The molecule has 1 saturated heterocycles. The van der Waals surface area contributed by atoms with Gasteiger partial charge in [-0.2, -0.15) is 0 Å². The Morgan fingerprint density at radius 2 is 1.91 bits per heavy atom. The zero-order valence-corrected chi connectivity index (χ0v) is 14.0. The number of hydrogen-bond donors (Lipinski definition) is 2. The van der Waals surface area contributed by atoms with Crippen molar-refractivity contribution in [2.24, 2.45) is 0 Å². The van der Waals surface area contributed by atoms with E-state index in [0.717, 1.165) is 6.42 Å². The molecule has 1 aliphatic heterocycles. The summed E-state index contributed by atoms with van der Waals surface area (Å²) in [6.07, 6.45) is 0.377. The summed E-state index contributed by atoms with van der Waals surface area (Å²) in [5, 5.41) is 4.51. The Morgan fingerprint density at radius 3 is 2.59 bits per heavy atom. The first-order chi connectivity index (χ1) is 11.0. The number of hydrogen-bond acceptors (Lipinski definition) is 7. The van der Waals surface area contributed by atoms with Crippen molar-refractivity contribution >= 4 is 7.82 Å². The van der Waals surface area contributed by atoms with Gasteiger partial charge in [-0.1, -0.05) is 6.92 Å². The second-order valence-electron chi connectivity index (χ2n) is 5.08. The Balaban J connectivity index is 2.10. The molecule has 1 rings (SSSR count). The molecule has 0 amide bonds. The smallest absolute Gasteiger partial charge is 0.390 e. The average Bonchev–Trinajstić information content (AvgIpc) is 2.88. The van der Waals surface area contributed by atoms with Crippen molar-refractivity contribution in [3.05, 3.63) is 0 Å². The largest absolute Gasteiger partial charge is 0.472 e. The number of rotatable bonds is 13. The molecule has 132 valence electrons. The van der Waals surface area contributed by atoms with Gasteiger partial charge in [0.2, 0.25) is 1.43 Å². The summed E-state index contributed by atoms with van der Waals surface area (Å²) >= 11 is 0. The molecule has 1 fully saturated rings. The van der Waals surface area contributed by atoms with E-state index in [9.17, 15) is 9.46 Å². The van der Waals surface area contributed by atoms with Crippen LogP contribution in [0.25, 0.3) is 0 Å². The molecule has 0 aromatic carbocycles. The fraction of sp³-hybridized carbons (Fsp3) is 1.00. The lowest BCUT2D eigenvalue weighted by Crippen LogP contribution is -2.26. The fourth-order valence-electron chi connectivity index (χ4n) is 1.95. The first kappa shape index (κ1) is 18.3. The van der Waals surface area contributed by atoms with E-state index in [4.69, 9.17) is 24.7 Å². The van der Waals surface area contributed by atoms with Gasteiger partial charge < -0.3 is 24.2 Å². The Bertz CT molecular complexity index is 359. The second kappa shape index (κ2) is 10.7. The van der Waals surface area contributed by atoms with Crippen molar-refractivity contribution in [1.29, 1.82) is 1.43 Å². The van der Waals surface area contributed by atoms with Gasteiger partial charge in [0.15, 0.2) is 0 Å². The van der Waals surface area contributed by atoms with Gasteiger partial charge in [0.05, 0.1) is 45.2 Å². The molecule has 0 saturated carbocycles. The van der Waals surface area contributed by atoms with Crippen molar-refractivity contribution < 1.29 is 37.8 Å². The summed E-state index contributed by atoms with van der Waals surface area (Å²) in [5.41, 5.74) is 0. The molecule has 0 bridgehead atoms. The maximum atomic E-state index is 11.7. The van der Waals surface area contributed by atoms with Crippen LogP contribution in [0.5, 0.6) is 0 Å². The van der Waals surface area contributed by atoms with Gasteiger partial charge >= 0.3 is 7.82 Å². The van der Waals surface area contributed by atoms with Gasteiger partial charge in [-0.25, -0.2) is 4.57 Å². The highest BCUT2D eigenvalue weighted by Gasteiger charge is 2.34. The van der Waals surface area contributed by atoms with Gasteiger partial charge in [-0.05, 0) is 13.3 Å². The Kier molecular flexibility index (Phi) is 8.87. The quantitative estimate of drug-likeness (QED) is 0.378. The lowest BCUT2D eigenvalue weighted by Gasteiger charge is -2.17. The van der Waals surface area contributed by atoms with Crippen molar-refractivity contribution in [3.8, 4) is 0 Å². The van der Waals surface area contributed by atoms with Gasteiger partial charge in [0.1, 0.15) is 6.10 Å². The number of phosphoric acid groups is 1. The van der Waals surface area contributed by atoms with Crippen molar-refractivity contribution in [1.82, 2.24) is 0 Å². The molecule has 0 spiro atoms. The zero-order valence-electron chi connectivity index (χ0n) is 14.1. The molecule has 0 aromatic rings. The lowest BCUT2D eigenvalue weighted by molar-refractivity contribution is -0.0212. The molecular formula is C13H27O8P. The Labute approximate surface area is 132 Å². The van der Waals surface area contributed by atoms with Crippen LogP contribution in [0.1, 0.15) is 26.7 Å². The minimum absolute atomic E-state index is 0.0676. The van der Waals surface area contributed by atoms with Crippen LogP contribution < -0.4 is 0 Å². The summed E-state index contributed by atoms with van der Waals surface area (Å²) in [6.45, 7) is 5.34. The van der Waals surface area contributed by atoms with Gasteiger partial charge in [-0.3, -0.25) is 9.05 Å². The first-order valence-corrected chi connectivity index (χ1v) is 9.02. The molecule has 8 nitrogen and oxygen atoms in total. The molecule has 4 atom stereocenters. The number of aliphatic hydroxyl groups excluding tert-OH is 1. The van der Waals surface area contributed by atoms with Crippen LogP contribution in [0.4, 0.5) is 0 Å². The minimum atomic E-state index is -4.18. The predicted octanol–water partition coefficient (Wildman–Crippen LogP) is 1.10. The summed E-state index contributed by atoms with van der Waals surface area (Å²) in [7, 11) is -4.18. The Morgan fingerprint density at radius 1 is 1.23 bits per heavy atom. The first-order valence-electron chi connectivity index (χ1n) is 7.94. The SMILES string of the molecule is [3H]O[C@H]1CC(C)O[C@@H]1COP(=O)(O)OCCOCCOCCC. The highest BCUT2D eigenvalue weighted by molar-refractivity contribution is 7.47. The van der Waals surface area contributed by atoms with Gasteiger partial charge in [0, 0.05) is 13.0 Å². The average molecular weight is 344 g/mol. The topological polar surface area (TPSA) is 104 Å². The van der Waals surface area contributed by atoms with Crippen molar-refractivity contribution in [3.63, 3.8) is 0 Å². The van der Waals surface area contributed by atoms with E-state index in [0.29, 0.717) is 26.2 Å². The fourth-order valence-corrected chi connectivity index (χ4v) is 2.66. The van der Waals surface area contributed by atoms with E-state index < -0.39 is 20.0 Å². The van der Waals surface area contributed by atoms with Crippen LogP contribution in [-0.4, -0.2) is 69.4 Å². The lowest BCUT2D eigenvalue weighted by atomic mass is 10.1. The highest BCUT2D eigenvalue weighted by Crippen LogP contribution is 2.43. The monoisotopic (exact) mass is 344 g/mol. The number of phosphoric ester groups is 1. The maximum Gasteiger partial charge on any atom is 0.472 e. The van der Waals surface area contributed by atoms with E-state index >= 15 is 0 Å².